The lowest BCUT2D eigenvalue weighted by molar-refractivity contribution is -0.385. The molecule has 1 amide bonds. The van der Waals surface area contributed by atoms with Crippen LogP contribution < -0.4 is 5.32 Å². The summed E-state index contributed by atoms with van der Waals surface area (Å²) < 4.78 is 0. The summed E-state index contributed by atoms with van der Waals surface area (Å²) >= 11 is 5.77. The van der Waals surface area contributed by atoms with Crippen LogP contribution >= 0.6 is 11.6 Å². The Morgan fingerprint density at radius 2 is 2.15 bits per heavy atom. The average Bonchev–Trinajstić information content (AvgIpc) is 2.40. The lowest BCUT2D eigenvalue weighted by atomic mass is 10.1. The molecule has 0 spiro atoms. The van der Waals surface area contributed by atoms with Gasteiger partial charge in [0.2, 0.25) is 0 Å². The zero-order valence-electron chi connectivity index (χ0n) is 10.5. The van der Waals surface area contributed by atoms with Crippen LogP contribution in [0.4, 0.5) is 11.4 Å². The number of amides is 1. The normalized spacial score (nSPS) is 10.1. The van der Waals surface area contributed by atoms with Crippen LogP contribution in [0.5, 0.6) is 0 Å². The maximum atomic E-state index is 12.1. The molecule has 0 fully saturated rings. The van der Waals surface area contributed by atoms with E-state index >= 15 is 0 Å². The molecule has 0 radical (unpaired) electrons. The molecule has 102 valence electrons. The number of nitrogens with zero attached hydrogens (tertiary/aromatic N) is 2. The van der Waals surface area contributed by atoms with Gasteiger partial charge in [0.1, 0.15) is 10.6 Å². The van der Waals surface area contributed by atoms with Crippen molar-refractivity contribution >= 4 is 28.9 Å². The van der Waals surface area contributed by atoms with Gasteiger partial charge in [-0.25, -0.2) is 0 Å². The summed E-state index contributed by atoms with van der Waals surface area (Å²) in [6, 6.07) is 5.83. The zero-order chi connectivity index (χ0) is 14.7. The second kappa shape index (κ2) is 5.66. The number of para-hydroxylation sites is 1. The molecule has 20 heavy (non-hydrogen) atoms. The number of nitrogens with one attached hydrogen (secondary N) is 1. The van der Waals surface area contributed by atoms with E-state index in [1.807, 2.05) is 0 Å². The number of aromatic nitrogens is 1. The molecular weight excluding hydrogens is 282 g/mol. The molecule has 0 atom stereocenters. The number of hydrogen-bond acceptors (Lipinski definition) is 4. The molecule has 0 unspecified atom stereocenters. The number of halogens is 1. The molecular formula is C13H10ClN3O3. The maximum absolute atomic E-state index is 12.1. The second-order valence-electron chi connectivity index (χ2n) is 4.04. The van der Waals surface area contributed by atoms with Gasteiger partial charge in [-0.05, 0) is 30.7 Å². The van der Waals surface area contributed by atoms with E-state index < -0.39 is 16.5 Å². The van der Waals surface area contributed by atoms with Crippen molar-refractivity contribution in [3.05, 3.63) is 62.9 Å². The standard InChI is InChI=1S/C13H10ClN3O3/c1-8-7-15-6-5-11(8)16-13(18)9-3-2-4-10(14)12(9)17(19)20/h2-7H,1H3,(H,15,16,18). The molecule has 2 rings (SSSR count). The highest BCUT2D eigenvalue weighted by Gasteiger charge is 2.23. The highest BCUT2D eigenvalue weighted by Crippen LogP contribution is 2.28. The Morgan fingerprint density at radius 1 is 1.40 bits per heavy atom. The highest BCUT2D eigenvalue weighted by molar-refractivity contribution is 6.33. The van der Waals surface area contributed by atoms with Crippen LogP contribution in [-0.4, -0.2) is 15.8 Å². The molecule has 1 N–H and O–H groups in total. The van der Waals surface area contributed by atoms with Crippen LogP contribution in [0.2, 0.25) is 5.02 Å². The van der Waals surface area contributed by atoms with Crippen LogP contribution in [0, 0.1) is 17.0 Å². The fourth-order valence-corrected chi connectivity index (χ4v) is 1.93. The molecule has 0 bridgehead atoms. The highest BCUT2D eigenvalue weighted by atomic mass is 35.5. The fraction of sp³-hybridized carbons (Fsp3) is 0.0769. The van der Waals surface area contributed by atoms with Crippen LogP contribution in [0.3, 0.4) is 0 Å². The lowest BCUT2D eigenvalue weighted by Crippen LogP contribution is -2.15. The minimum Gasteiger partial charge on any atom is -0.321 e. The minimum atomic E-state index is -0.670. The first-order valence-corrected chi connectivity index (χ1v) is 6.03. The number of benzene rings is 1. The third-order valence-electron chi connectivity index (χ3n) is 2.68. The van der Waals surface area contributed by atoms with Gasteiger partial charge in [0, 0.05) is 18.1 Å². The molecule has 0 aliphatic carbocycles. The van der Waals surface area contributed by atoms with Crippen molar-refractivity contribution in [2.24, 2.45) is 0 Å². The maximum Gasteiger partial charge on any atom is 0.300 e. The van der Waals surface area contributed by atoms with Crippen molar-refractivity contribution in [1.82, 2.24) is 4.98 Å². The van der Waals surface area contributed by atoms with E-state index in [1.54, 1.807) is 19.2 Å². The van der Waals surface area contributed by atoms with Gasteiger partial charge in [-0.15, -0.1) is 0 Å². The van der Waals surface area contributed by atoms with E-state index in [9.17, 15) is 14.9 Å². The number of carbonyl (C=O) groups is 1. The van der Waals surface area contributed by atoms with Crippen molar-refractivity contribution in [1.29, 1.82) is 0 Å². The third-order valence-corrected chi connectivity index (χ3v) is 2.99. The molecule has 1 aromatic carbocycles. The Bertz CT molecular complexity index is 688. The predicted octanol–water partition coefficient (Wildman–Crippen LogP) is 3.20. The number of rotatable bonds is 3. The SMILES string of the molecule is Cc1cnccc1NC(=O)c1cccc(Cl)c1[N+](=O)[O-]. The molecule has 6 nitrogen and oxygen atoms in total. The van der Waals surface area contributed by atoms with Crippen LogP contribution in [-0.2, 0) is 0 Å². The first-order valence-electron chi connectivity index (χ1n) is 5.65. The summed E-state index contributed by atoms with van der Waals surface area (Å²) in [7, 11) is 0. The third kappa shape index (κ3) is 2.75. The van der Waals surface area contributed by atoms with Gasteiger partial charge in [0.05, 0.1) is 4.92 Å². The topological polar surface area (TPSA) is 85.1 Å². The van der Waals surface area contributed by atoms with E-state index in [4.69, 9.17) is 11.6 Å². The van der Waals surface area contributed by atoms with Gasteiger partial charge >= 0.3 is 5.69 Å². The van der Waals surface area contributed by atoms with Gasteiger partial charge in [0.25, 0.3) is 5.91 Å². The Labute approximate surface area is 119 Å². The summed E-state index contributed by atoms with van der Waals surface area (Å²) in [6.45, 7) is 1.77. The summed E-state index contributed by atoms with van der Waals surface area (Å²) in [5.41, 5.74) is 0.807. The molecule has 2 aromatic rings. The van der Waals surface area contributed by atoms with Gasteiger partial charge < -0.3 is 5.32 Å². The minimum absolute atomic E-state index is 0.0749. The van der Waals surface area contributed by atoms with E-state index in [0.717, 1.165) is 5.56 Å². The van der Waals surface area contributed by atoms with Gasteiger partial charge in [-0.1, -0.05) is 17.7 Å². The Morgan fingerprint density at radius 3 is 2.80 bits per heavy atom. The Hall–Kier alpha value is -2.47. The quantitative estimate of drug-likeness (QED) is 0.695. The van der Waals surface area contributed by atoms with E-state index in [0.29, 0.717) is 5.69 Å². The van der Waals surface area contributed by atoms with Crippen molar-refractivity contribution < 1.29 is 9.72 Å². The molecule has 0 aliphatic rings. The Balaban J connectivity index is 2.38. The van der Waals surface area contributed by atoms with Gasteiger partial charge in [-0.2, -0.15) is 0 Å². The van der Waals surface area contributed by atoms with Crippen LogP contribution in [0.25, 0.3) is 0 Å². The summed E-state index contributed by atoms with van der Waals surface area (Å²) in [4.78, 5) is 26.4. The molecule has 0 aliphatic heterocycles. The lowest BCUT2D eigenvalue weighted by Gasteiger charge is -2.08. The largest absolute Gasteiger partial charge is 0.321 e. The number of aryl methyl sites for hydroxylation is 1. The monoisotopic (exact) mass is 291 g/mol. The summed E-state index contributed by atoms with van der Waals surface area (Å²) in [6.07, 6.45) is 3.11. The number of nitro groups is 1. The van der Waals surface area contributed by atoms with Crippen molar-refractivity contribution in [2.75, 3.05) is 5.32 Å². The first kappa shape index (κ1) is 14.0. The first-order chi connectivity index (χ1) is 9.50. The molecule has 0 saturated carbocycles. The van der Waals surface area contributed by atoms with E-state index in [1.165, 1.54) is 24.4 Å². The van der Waals surface area contributed by atoms with Crippen molar-refractivity contribution in [3.63, 3.8) is 0 Å². The number of carbonyl (C=O) groups excluding carboxylic acids is 1. The molecule has 0 saturated heterocycles. The van der Waals surface area contributed by atoms with Crippen molar-refractivity contribution in [3.8, 4) is 0 Å². The molecule has 1 heterocycles. The van der Waals surface area contributed by atoms with Crippen LogP contribution in [0.1, 0.15) is 15.9 Å². The van der Waals surface area contributed by atoms with Gasteiger partial charge in [-0.3, -0.25) is 19.9 Å². The van der Waals surface area contributed by atoms with Gasteiger partial charge in [0.15, 0.2) is 0 Å². The second-order valence-corrected chi connectivity index (χ2v) is 4.45. The smallest absolute Gasteiger partial charge is 0.300 e. The number of anilines is 1. The number of hydrogen-bond donors (Lipinski definition) is 1. The van der Waals surface area contributed by atoms with E-state index in [-0.39, 0.29) is 10.6 Å². The predicted molar refractivity (Wildman–Crippen MR) is 75.0 cm³/mol. The summed E-state index contributed by atoms with van der Waals surface area (Å²) in [5, 5.41) is 13.5. The Kier molecular flexibility index (Phi) is 3.95. The summed E-state index contributed by atoms with van der Waals surface area (Å²) in [5.74, 6) is -0.589. The van der Waals surface area contributed by atoms with Crippen molar-refractivity contribution in [2.45, 2.75) is 6.92 Å². The zero-order valence-corrected chi connectivity index (χ0v) is 11.2. The van der Waals surface area contributed by atoms with E-state index in [2.05, 4.69) is 10.3 Å². The number of pyridine rings is 1. The fourth-order valence-electron chi connectivity index (χ4n) is 1.69. The molecule has 1 aromatic heterocycles. The number of nitro benzene ring substituents is 1. The molecule has 7 heteroatoms. The van der Waals surface area contributed by atoms with Crippen LogP contribution in [0.15, 0.2) is 36.7 Å². The average molecular weight is 292 g/mol.